The van der Waals surface area contributed by atoms with E-state index in [2.05, 4.69) is 22.3 Å². The molecular weight excluding hydrogens is 474 g/mol. The number of hydrogen-bond acceptors (Lipinski definition) is 5. The van der Waals surface area contributed by atoms with Gasteiger partial charge in [-0.25, -0.2) is 8.42 Å². The first-order valence-corrected chi connectivity index (χ1v) is 14.0. The number of amides is 1. The van der Waals surface area contributed by atoms with E-state index < -0.39 is 16.1 Å². The second-order valence-corrected chi connectivity index (χ2v) is 11.0. The quantitative estimate of drug-likeness (QED) is 0.436. The second-order valence-electron chi connectivity index (χ2n) is 9.16. The summed E-state index contributed by atoms with van der Waals surface area (Å²) >= 11 is 0. The summed E-state index contributed by atoms with van der Waals surface area (Å²) in [6, 6.07) is 23.2. The summed E-state index contributed by atoms with van der Waals surface area (Å²) in [5.41, 5.74) is 2.60. The highest BCUT2D eigenvalue weighted by atomic mass is 32.2. The van der Waals surface area contributed by atoms with Gasteiger partial charge in [-0.3, -0.25) is 14.0 Å². The van der Waals surface area contributed by atoms with Crippen LogP contribution in [0.4, 0.5) is 5.69 Å². The maximum absolute atomic E-state index is 13.0. The largest absolute Gasteiger partial charge is 0.457 e. The van der Waals surface area contributed by atoms with Crippen LogP contribution in [0.15, 0.2) is 78.9 Å². The zero-order chi connectivity index (χ0) is 25.5. The smallest absolute Gasteiger partial charge is 0.243 e. The van der Waals surface area contributed by atoms with E-state index in [1.807, 2.05) is 42.5 Å². The van der Waals surface area contributed by atoms with Crippen LogP contribution >= 0.6 is 0 Å². The zero-order valence-electron chi connectivity index (χ0n) is 20.8. The summed E-state index contributed by atoms with van der Waals surface area (Å²) in [6.45, 7) is 5.08. The van der Waals surface area contributed by atoms with E-state index in [0.717, 1.165) is 35.8 Å². The first-order valence-electron chi connectivity index (χ1n) is 12.2. The third-order valence-electron chi connectivity index (χ3n) is 6.22. The minimum Gasteiger partial charge on any atom is -0.457 e. The van der Waals surface area contributed by atoms with Crippen LogP contribution in [0.1, 0.15) is 30.9 Å². The first kappa shape index (κ1) is 25.7. The minimum absolute atomic E-state index is 0.332. The molecular formula is C28H33N3O4S. The minimum atomic E-state index is -3.71. The van der Waals surface area contributed by atoms with Gasteiger partial charge in [-0.05, 0) is 80.4 Å². The van der Waals surface area contributed by atoms with Gasteiger partial charge in [-0.2, -0.15) is 0 Å². The van der Waals surface area contributed by atoms with Gasteiger partial charge < -0.3 is 10.1 Å². The highest BCUT2D eigenvalue weighted by Crippen LogP contribution is 2.27. The molecule has 190 valence electrons. The molecule has 0 aliphatic carbocycles. The molecule has 0 bridgehead atoms. The lowest BCUT2D eigenvalue weighted by molar-refractivity contribution is -0.122. The molecule has 0 saturated carbocycles. The monoisotopic (exact) mass is 507 g/mol. The van der Waals surface area contributed by atoms with Crippen molar-refractivity contribution in [3.63, 3.8) is 0 Å². The van der Waals surface area contributed by atoms with Crippen molar-refractivity contribution in [1.29, 1.82) is 0 Å². The van der Waals surface area contributed by atoms with E-state index >= 15 is 0 Å². The molecule has 1 N–H and O–H groups in total. The van der Waals surface area contributed by atoms with Crippen LogP contribution in [0, 0.1) is 0 Å². The molecule has 4 rings (SSSR count). The van der Waals surface area contributed by atoms with Crippen molar-refractivity contribution in [2.75, 3.05) is 23.7 Å². The predicted molar refractivity (Wildman–Crippen MR) is 143 cm³/mol. The number of hydrogen-bond donors (Lipinski definition) is 1. The van der Waals surface area contributed by atoms with E-state index in [1.54, 1.807) is 31.2 Å². The lowest BCUT2D eigenvalue weighted by atomic mass is 10.1. The molecule has 0 aromatic heterocycles. The standard InChI is InChI=1S/C28H33N3O4S/c1-22(28(32)29-20-23-9-8-10-24(19-23)21-30-17-6-7-18-30)31(36(2,33)34)25-13-15-27(16-14-25)35-26-11-4-3-5-12-26/h3-5,8-16,19,22H,6-7,17-18,20-21H2,1-2H3,(H,29,32). The molecule has 1 saturated heterocycles. The SMILES string of the molecule is CC(C(=O)NCc1cccc(CN2CCCC2)c1)N(c1ccc(Oc2ccccc2)cc1)S(C)(=O)=O. The molecule has 3 aromatic carbocycles. The van der Waals surface area contributed by atoms with Crippen molar-refractivity contribution in [2.24, 2.45) is 0 Å². The fraction of sp³-hybridized carbons (Fsp3) is 0.321. The van der Waals surface area contributed by atoms with Crippen LogP contribution in [-0.2, 0) is 27.9 Å². The number of likely N-dealkylation sites (tertiary alicyclic amines) is 1. The number of ether oxygens (including phenoxy) is 1. The zero-order valence-corrected chi connectivity index (χ0v) is 21.6. The average molecular weight is 508 g/mol. The summed E-state index contributed by atoms with van der Waals surface area (Å²) in [5.74, 6) is 0.891. The maximum Gasteiger partial charge on any atom is 0.243 e. The van der Waals surface area contributed by atoms with Crippen LogP contribution in [-0.4, -0.2) is 44.6 Å². The fourth-order valence-electron chi connectivity index (χ4n) is 4.47. The molecule has 7 nitrogen and oxygen atoms in total. The number of para-hydroxylation sites is 1. The Labute approximate surface area is 213 Å². The Balaban J connectivity index is 1.41. The third-order valence-corrected chi connectivity index (χ3v) is 7.46. The lowest BCUT2D eigenvalue weighted by Crippen LogP contribution is -2.47. The number of rotatable bonds is 10. The molecule has 0 radical (unpaired) electrons. The summed E-state index contributed by atoms with van der Waals surface area (Å²) in [4.78, 5) is 15.4. The fourth-order valence-corrected chi connectivity index (χ4v) is 5.64. The summed E-state index contributed by atoms with van der Waals surface area (Å²) in [5, 5.41) is 2.90. The van der Waals surface area contributed by atoms with Crippen LogP contribution in [0.3, 0.4) is 0 Å². The number of anilines is 1. The van der Waals surface area contributed by atoms with Gasteiger partial charge in [0.15, 0.2) is 0 Å². The van der Waals surface area contributed by atoms with Gasteiger partial charge in [0.25, 0.3) is 0 Å². The van der Waals surface area contributed by atoms with Crippen molar-refractivity contribution in [3.05, 3.63) is 90.0 Å². The summed E-state index contributed by atoms with van der Waals surface area (Å²) in [7, 11) is -3.71. The summed E-state index contributed by atoms with van der Waals surface area (Å²) in [6.07, 6.45) is 3.59. The van der Waals surface area contributed by atoms with E-state index in [1.165, 1.54) is 18.4 Å². The highest BCUT2D eigenvalue weighted by Gasteiger charge is 2.29. The maximum atomic E-state index is 13.0. The van der Waals surface area contributed by atoms with Gasteiger partial charge >= 0.3 is 0 Å². The second kappa shape index (κ2) is 11.6. The van der Waals surface area contributed by atoms with Crippen LogP contribution < -0.4 is 14.4 Å². The Kier molecular flexibility index (Phi) is 8.28. The Morgan fingerprint density at radius 2 is 1.58 bits per heavy atom. The lowest BCUT2D eigenvalue weighted by Gasteiger charge is -2.28. The van der Waals surface area contributed by atoms with Gasteiger partial charge in [0.2, 0.25) is 15.9 Å². The number of sulfonamides is 1. The number of carbonyl (C=O) groups excluding carboxylic acids is 1. The molecule has 0 spiro atoms. The molecule has 1 fully saturated rings. The van der Waals surface area contributed by atoms with Crippen molar-refractivity contribution in [3.8, 4) is 11.5 Å². The highest BCUT2D eigenvalue weighted by molar-refractivity contribution is 7.92. The predicted octanol–water partition coefficient (Wildman–Crippen LogP) is 4.55. The van der Waals surface area contributed by atoms with Crippen molar-refractivity contribution in [2.45, 2.75) is 38.9 Å². The molecule has 36 heavy (non-hydrogen) atoms. The van der Waals surface area contributed by atoms with Gasteiger partial charge in [0.1, 0.15) is 17.5 Å². The first-order chi connectivity index (χ1) is 17.3. The topological polar surface area (TPSA) is 79.0 Å². The Morgan fingerprint density at radius 1 is 0.944 bits per heavy atom. The Bertz CT molecular complexity index is 1260. The average Bonchev–Trinajstić information content (AvgIpc) is 3.37. The van der Waals surface area contributed by atoms with Crippen LogP contribution in [0.2, 0.25) is 0 Å². The number of benzene rings is 3. The molecule has 1 unspecified atom stereocenters. The third kappa shape index (κ3) is 6.86. The van der Waals surface area contributed by atoms with E-state index in [-0.39, 0.29) is 5.91 Å². The van der Waals surface area contributed by atoms with E-state index in [0.29, 0.717) is 23.7 Å². The molecule has 3 aromatic rings. The van der Waals surface area contributed by atoms with E-state index in [9.17, 15) is 13.2 Å². The van der Waals surface area contributed by atoms with Gasteiger partial charge in [-0.1, -0.05) is 42.5 Å². The van der Waals surface area contributed by atoms with Crippen molar-refractivity contribution >= 4 is 21.6 Å². The number of nitrogens with zero attached hydrogens (tertiary/aromatic N) is 2. The molecule has 1 aliphatic heterocycles. The van der Waals surface area contributed by atoms with Crippen LogP contribution in [0.25, 0.3) is 0 Å². The number of carbonyl (C=O) groups is 1. The molecule has 1 aliphatic rings. The Hall–Kier alpha value is -3.36. The molecule has 1 atom stereocenters. The normalized spacial score (nSPS) is 14.8. The van der Waals surface area contributed by atoms with Gasteiger partial charge in [-0.15, -0.1) is 0 Å². The van der Waals surface area contributed by atoms with Crippen LogP contribution in [0.5, 0.6) is 11.5 Å². The summed E-state index contributed by atoms with van der Waals surface area (Å²) < 4.78 is 32.2. The molecule has 8 heteroatoms. The van der Waals surface area contributed by atoms with E-state index in [4.69, 9.17) is 4.74 Å². The molecule has 1 heterocycles. The van der Waals surface area contributed by atoms with Crippen molar-refractivity contribution < 1.29 is 17.9 Å². The van der Waals surface area contributed by atoms with Gasteiger partial charge in [0, 0.05) is 13.1 Å². The number of nitrogens with one attached hydrogen (secondary N) is 1. The molecule has 1 amide bonds. The van der Waals surface area contributed by atoms with Crippen molar-refractivity contribution in [1.82, 2.24) is 10.2 Å². The Morgan fingerprint density at radius 3 is 2.25 bits per heavy atom. The van der Waals surface area contributed by atoms with Gasteiger partial charge in [0.05, 0.1) is 11.9 Å².